The van der Waals surface area contributed by atoms with Crippen LogP contribution in [-0.2, 0) is 14.3 Å². The molecule has 2 aliphatic rings. The van der Waals surface area contributed by atoms with Crippen molar-refractivity contribution >= 4 is 34.6 Å². The summed E-state index contributed by atoms with van der Waals surface area (Å²) < 4.78 is 7.34. The first kappa shape index (κ1) is 16.2. The molecule has 6 heteroatoms. The number of carbonyl (C=O) groups excluding carboxylic acids is 2. The molecule has 1 heterocycles. The molecule has 2 rings (SSSR count). The van der Waals surface area contributed by atoms with Gasteiger partial charge in [0.1, 0.15) is 6.04 Å². The smallest absolute Gasteiger partial charge is 0.241 e. The quantitative estimate of drug-likeness (QED) is 0.583. The molecule has 0 unspecified atom stereocenters. The molecule has 0 bridgehead atoms. The van der Waals surface area contributed by atoms with Crippen molar-refractivity contribution in [1.29, 1.82) is 0 Å². The highest BCUT2D eigenvalue weighted by atomic mass is 127. The fourth-order valence-corrected chi connectivity index (χ4v) is 3.67. The van der Waals surface area contributed by atoms with Gasteiger partial charge in [-0.25, -0.2) is 3.11 Å². The summed E-state index contributed by atoms with van der Waals surface area (Å²) in [4.78, 5) is 24.3. The maximum Gasteiger partial charge on any atom is 0.241 e. The highest BCUT2D eigenvalue weighted by molar-refractivity contribution is 14.1. The van der Waals surface area contributed by atoms with Gasteiger partial charge in [-0.15, -0.1) is 0 Å². The Kier molecular flexibility index (Phi) is 6.22. The van der Waals surface area contributed by atoms with Crippen molar-refractivity contribution in [2.45, 2.75) is 51.1 Å². The van der Waals surface area contributed by atoms with Crippen LogP contribution in [0, 0.1) is 5.92 Å². The standard InChI is InChI=1S/C14H23IN2O3/c1-10(18)13(11-5-3-2-4-6-11)16-14(19)12-9-20-8-7-17(12)15/h11-13H,2-9H2,1H3,(H,16,19)/t12-,13+/m0/s1. The number of hydrogen-bond donors (Lipinski definition) is 1. The fourth-order valence-electron chi connectivity index (χ4n) is 3.05. The molecule has 1 amide bonds. The first-order valence-corrected chi connectivity index (χ1v) is 8.37. The van der Waals surface area contributed by atoms with Crippen molar-refractivity contribution in [1.82, 2.24) is 8.43 Å². The topological polar surface area (TPSA) is 58.6 Å². The van der Waals surface area contributed by atoms with E-state index in [1.807, 2.05) is 3.11 Å². The van der Waals surface area contributed by atoms with Crippen molar-refractivity contribution in [3.8, 4) is 0 Å². The van der Waals surface area contributed by atoms with Crippen LogP contribution in [-0.4, -0.2) is 46.6 Å². The largest absolute Gasteiger partial charge is 0.378 e. The molecule has 1 aliphatic heterocycles. The van der Waals surface area contributed by atoms with Crippen LogP contribution in [0.5, 0.6) is 0 Å². The van der Waals surface area contributed by atoms with E-state index in [9.17, 15) is 9.59 Å². The van der Waals surface area contributed by atoms with Gasteiger partial charge in [-0.3, -0.25) is 9.59 Å². The van der Waals surface area contributed by atoms with Gasteiger partial charge in [0, 0.05) is 29.4 Å². The number of nitrogens with one attached hydrogen (secondary N) is 1. The predicted molar refractivity (Wildman–Crippen MR) is 84.5 cm³/mol. The van der Waals surface area contributed by atoms with Gasteiger partial charge < -0.3 is 10.1 Å². The Labute approximate surface area is 134 Å². The maximum atomic E-state index is 12.4. The summed E-state index contributed by atoms with van der Waals surface area (Å²) in [6, 6.07) is -0.607. The summed E-state index contributed by atoms with van der Waals surface area (Å²) in [7, 11) is 0. The summed E-state index contributed by atoms with van der Waals surface area (Å²) in [5.41, 5.74) is 0. The van der Waals surface area contributed by atoms with Gasteiger partial charge in [0.25, 0.3) is 0 Å². The summed E-state index contributed by atoms with van der Waals surface area (Å²) in [6.45, 7) is 3.39. The lowest BCUT2D eigenvalue weighted by Gasteiger charge is -2.33. The molecule has 0 aromatic carbocycles. The highest BCUT2D eigenvalue weighted by Gasteiger charge is 2.33. The van der Waals surface area contributed by atoms with Crippen LogP contribution in [0.2, 0.25) is 0 Å². The number of carbonyl (C=O) groups is 2. The third-order valence-electron chi connectivity index (χ3n) is 4.22. The Morgan fingerprint density at radius 1 is 1.30 bits per heavy atom. The third kappa shape index (κ3) is 4.14. The minimum absolute atomic E-state index is 0.0713. The predicted octanol–water partition coefficient (Wildman–Crippen LogP) is 1.69. The van der Waals surface area contributed by atoms with Crippen molar-refractivity contribution in [3.63, 3.8) is 0 Å². The maximum absolute atomic E-state index is 12.4. The van der Waals surface area contributed by atoms with E-state index in [1.54, 1.807) is 6.92 Å². The van der Waals surface area contributed by atoms with E-state index in [2.05, 4.69) is 28.2 Å². The lowest BCUT2D eigenvalue weighted by molar-refractivity contribution is -0.133. The van der Waals surface area contributed by atoms with Gasteiger partial charge >= 0.3 is 0 Å². The monoisotopic (exact) mass is 394 g/mol. The number of rotatable bonds is 4. The minimum Gasteiger partial charge on any atom is -0.378 e. The Morgan fingerprint density at radius 2 is 2.00 bits per heavy atom. The molecule has 0 spiro atoms. The molecule has 20 heavy (non-hydrogen) atoms. The van der Waals surface area contributed by atoms with E-state index in [-0.39, 0.29) is 23.8 Å². The van der Waals surface area contributed by atoms with Gasteiger partial charge in [-0.1, -0.05) is 19.3 Å². The van der Waals surface area contributed by atoms with Crippen LogP contribution < -0.4 is 5.32 Å². The minimum atomic E-state index is -0.325. The molecule has 0 aromatic heterocycles. The number of ketones is 1. The van der Waals surface area contributed by atoms with Crippen LogP contribution in [0.15, 0.2) is 0 Å². The van der Waals surface area contributed by atoms with Crippen LogP contribution in [0.3, 0.4) is 0 Å². The van der Waals surface area contributed by atoms with Gasteiger partial charge in [0.05, 0.1) is 19.3 Å². The van der Waals surface area contributed by atoms with E-state index >= 15 is 0 Å². The molecule has 5 nitrogen and oxygen atoms in total. The van der Waals surface area contributed by atoms with E-state index in [1.165, 1.54) is 6.42 Å². The third-order valence-corrected chi connectivity index (χ3v) is 5.38. The van der Waals surface area contributed by atoms with E-state index in [4.69, 9.17) is 4.74 Å². The first-order valence-electron chi connectivity index (χ1n) is 7.40. The average Bonchev–Trinajstić information content (AvgIpc) is 2.45. The normalized spacial score (nSPS) is 27.0. The van der Waals surface area contributed by atoms with Crippen molar-refractivity contribution in [2.24, 2.45) is 5.92 Å². The van der Waals surface area contributed by atoms with E-state index < -0.39 is 0 Å². The Balaban J connectivity index is 1.96. The van der Waals surface area contributed by atoms with Crippen LogP contribution in [0.1, 0.15) is 39.0 Å². The number of hydrogen-bond acceptors (Lipinski definition) is 4. The summed E-state index contributed by atoms with van der Waals surface area (Å²) in [5.74, 6) is 0.296. The summed E-state index contributed by atoms with van der Waals surface area (Å²) in [6.07, 6.45) is 5.65. The second kappa shape index (κ2) is 7.70. The Bertz CT molecular complexity index is 358. The zero-order valence-electron chi connectivity index (χ0n) is 11.9. The second-order valence-electron chi connectivity index (χ2n) is 5.71. The lowest BCUT2D eigenvalue weighted by Crippen LogP contribution is -2.55. The number of amides is 1. The fraction of sp³-hybridized carbons (Fsp3) is 0.857. The molecule has 1 aliphatic carbocycles. The van der Waals surface area contributed by atoms with Crippen molar-refractivity contribution in [2.75, 3.05) is 19.8 Å². The molecule has 1 saturated heterocycles. The van der Waals surface area contributed by atoms with Crippen molar-refractivity contribution < 1.29 is 14.3 Å². The molecule has 1 N–H and O–H groups in total. The van der Waals surface area contributed by atoms with E-state index in [0.29, 0.717) is 19.1 Å². The first-order chi connectivity index (χ1) is 9.59. The zero-order valence-corrected chi connectivity index (χ0v) is 14.1. The number of Topliss-reactive ketones (excluding diaryl/α,β-unsaturated/α-hetero) is 1. The number of halogens is 1. The summed E-state index contributed by atoms with van der Waals surface area (Å²) >= 11 is 2.16. The molecule has 1 saturated carbocycles. The molecule has 0 radical (unpaired) electrons. The molecule has 2 fully saturated rings. The van der Waals surface area contributed by atoms with Crippen LogP contribution in [0.4, 0.5) is 0 Å². The molecular weight excluding hydrogens is 371 g/mol. The number of morpholine rings is 1. The highest BCUT2D eigenvalue weighted by Crippen LogP contribution is 2.27. The summed E-state index contributed by atoms with van der Waals surface area (Å²) in [5, 5.41) is 2.97. The molecule has 0 aromatic rings. The second-order valence-corrected chi connectivity index (χ2v) is 6.95. The Hall–Kier alpha value is -0.210. The molecular formula is C14H23IN2O3. The van der Waals surface area contributed by atoms with Crippen LogP contribution in [0.25, 0.3) is 0 Å². The van der Waals surface area contributed by atoms with Gasteiger partial charge in [0.15, 0.2) is 5.78 Å². The molecule has 114 valence electrons. The van der Waals surface area contributed by atoms with E-state index in [0.717, 1.165) is 32.2 Å². The number of ether oxygens (including phenoxy) is 1. The van der Waals surface area contributed by atoms with Crippen LogP contribution >= 0.6 is 22.9 Å². The lowest BCUT2D eigenvalue weighted by atomic mass is 9.82. The van der Waals surface area contributed by atoms with Gasteiger partial charge in [-0.2, -0.15) is 0 Å². The Morgan fingerprint density at radius 3 is 2.60 bits per heavy atom. The average molecular weight is 394 g/mol. The molecule has 2 atom stereocenters. The van der Waals surface area contributed by atoms with Gasteiger partial charge in [0.2, 0.25) is 5.91 Å². The number of nitrogens with zero attached hydrogens (tertiary/aromatic N) is 1. The van der Waals surface area contributed by atoms with Crippen molar-refractivity contribution in [3.05, 3.63) is 0 Å². The zero-order chi connectivity index (χ0) is 14.5. The van der Waals surface area contributed by atoms with Gasteiger partial charge in [-0.05, 0) is 25.7 Å². The SMILES string of the molecule is CC(=O)[C@@H](NC(=O)[C@@H]1COCCN1I)C1CCCCC1.